The third-order valence-corrected chi connectivity index (χ3v) is 3.92. The van der Waals surface area contributed by atoms with Gasteiger partial charge in [-0.15, -0.1) is 0 Å². The number of carbonyl (C=O) groups excluding carboxylic acids is 1. The Labute approximate surface area is 152 Å². The second-order valence-corrected chi connectivity index (χ2v) is 5.88. The number of ether oxygens (including phenoxy) is 1. The number of nitrogens with two attached hydrogens (primary N) is 1. The van der Waals surface area contributed by atoms with E-state index in [4.69, 9.17) is 10.5 Å². The van der Waals surface area contributed by atoms with Gasteiger partial charge in [0.1, 0.15) is 18.2 Å². The number of alkyl halides is 3. The summed E-state index contributed by atoms with van der Waals surface area (Å²) in [4.78, 5) is 12.4. The van der Waals surface area contributed by atoms with Crippen LogP contribution in [0.1, 0.15) is 18.9 Å². The molecule has 27 heavy (non-hydrogen) atoms. The van der Waals surface area contributed by atoms with Gasteiger partial charge in [-0.3, -0.25) is 4.79 Å². The number of nitrogen functional groups attached to an aromatic ring is 1. The van der Waals surface area contributed by atoms with E-state index in [0.717, 1.165) is 18.2 Å². The van der Waals surface area contributed by atoms with E-state index < -0.39 is 41.4 Å². The van der Waals surface area contributed by atoms with Crippen molar-refractivity contribution in [1.29, 1.82) is 0 Å². The van der Waals surface area contributed by atoms with Gasteiger partial charge in [-0.2, -0.15) is 13.2 Å². The van der Waals surface area contributed by atoms with Crippen LogP contribution in [0, 0.1) is 5.82 Å². The van der Waals surface area contributed by atoms with Crippen LogP contribution in [0.4, 0.5) is 28.9 Å². The largest absolute Gasteiger partial charge is 0.490 e. The summed E-state index contributed by atoms with van der Waals surface area (Å²) in [7, 11) is 0. The molecule has 0 spiro atoms. The van der Waals surface area contributed by atoms with Crippen LogP contribution in [0.15, 0.2) is 42.5 Å². The number of benzene rings is 2. The first-order valence-corrected chi connectivity index (χ1v) is 7.94. The summed E-state index contributed by atoms with van der Waals surface area (Å²) in [6.07, 6.45) is -4.75. The molecule has 0 aliphatic carbocycles. The quantitative estimate of drug-likeness (QED) is 0.523. The van der Waals surface area contributed by atoms with Gasteiger partial charge in [0, 0.05) is 11.4 Å². The molecular weight excluding hydrogens is 368 g/mol. The Bertz CT molecular complexity index is 809. The van der Waals surface area contributed by atoms with Crippen LogP contribution in [0.25, 0.3) is 0 Å². The van der Waals surface area contributed by atoms with Crippen LogP contribution in [-0.2, 0) is 11.0 Å². The zero-order valence-corrected chi connectivity index (χ0v) is 14.3. The summed E-state index contributed by atoms with van der Waals surface area (Å²) in [6.45, 7) is 1.04. The van der Waals surface area contributed by atoms with E-state index in [9.17, 15) is 27.5 Å². The molecule has 146 valence electrons. The van der Waals surface area contributed by atoms with Gasteiger partial charge in [0.15, 0.2) is 5.60 Å². The minimum absolute atomic E-state index is 0.0683. The number of halogens is 4. The van der Waals surface area contributed by atoms with Crippen LogP contribution in [-0.4, -0.2) is 23.2 Å². The molecule has 0 unspecified atom stereocenters. The molecule has 5 nitrogen and oxygen atoms in total. The average Bonchev–Trinajstić information content (AvgIpc) is 2.61. The lowest BCUT2D eigenvalue weighted by molar-refractivity contribution is -0.138. The molecular formula is C18H18F4N2O3. The lowest BCUT2D eigenvalue weighted by Gasteiger charge is -2.26. The fourth-order valence-electron chi connectivity index (χ4n) is 2.19. The van der Waals surface area contributed by atoms with Crippen LogP contribution in [0.3, 0.4) is 0 Å². The summed E-state index contributed by atoms with van der Waals surface area (Å²) in [5, 5.41) is 12.7. The smallest absolute Gasteiger partial charge is 0.418 e. The molecule has 4 N–H and O–H groups in total. The molecule has 2 aromatic carbocycles. The van der Waals surface area contributed by atoms with E-state index >= 15 is 0 Å². The minimum atomic E-state index is -4.68. The molecule has 0 aliphatic rings. The highest BCUT2D eigenvalue weighted by Crippen LogP contribution is 2.35. The predicted octanol–water partition coefficient (Wildman–Crippen LogP) is 3.59. The Kier molecular flexibility index (Phi) is 5.94. The molecule has 0 radical (unpaired) electrons. The van der Waals surface area contributed by atoms with Gasteiger partial charge < -0.3 is 20.9 Å². The fourth-order valence-corrected chi connectivity index (χ4v) is 2.19. The number of aliphatic hydroxyl groups is 1. The van der Waals surface area contributed by atoms with Crippen LogP contribution in [0.5, 0.6) is 5.75 Å². The highest BCUT2D eigenvalue weighted by molar-refractivity contribution is 5.97. The van der Waals surface area contributed by atoms with Crippen LogP contribution in [0.2, 0.25) is 0 Å². The van der Waals surface area contributed by atoms with Crippen molar-refractivity contribution in [2.24, 2.45) is 0 Å². The van der Waals surface area contributed by atoms with Crippen molar-refractivity contribution in [3.8, 4) is 5.75 Å². The van der Waals surface area contributed by atoms with E-state index in [2.05, 4.69) is 5.32 Å². The normalized spacial score (nSPS) is 13.7. The van der Waals surface area contributed by atoms with E-state index in [-0.39, 0.29) is 17.9 Å². The van der Waals surface area contributed by atoms with Gasteiger partial charge in [-0.1, -0.05) is 6.92 Å². The second-order valence-electron chi connectivity index (χ2n) is 5.88. The third-order valence-electron chi connectivity index (χ3n) is 3.92. The van der Waals surface area contributed by atoms with Crippen molar-refractivity contribution >= 4 is 17.3 Å². The van der Waals surface area contributed by atoms with Crippen molar-refractivity contribution in [2.75, 3.05) is 17.7 Å². The van der Waals surface area contributed by atoms with Crippen LogP contribution < -0.4 is 15.8 Å². The Morgan fingerprint density at radius 3 is 2.37 bits per heavy atom. The van der Waals surface area contributed by atoms with E-state index in [1.807, 2.05) is 0 Å². The Morgan fingerprint density at radius 1 is 1.19 bits per heavy atom. The van der Waals surface area contributed by atoms with Gasteiger partial charge in [-0.05, 0) is 48.9 Å². The standard InChI is InChI=1S/C18H18F4N2O3/c1-2-17(26,10-27-13-6-3-11(19)4-7-13)16(25)24-12-5-8-15(23)14(9-12)18(20,21)22/h3-9,26H,2,10,23H2,1H3,(H,24,25)/t17-/m0/s1. The van der Waals surface area contributed by atoms with E-state index in [1.54, 1.807) is 0 Å². The zero-order chi connectivity index (χ0) is 20.2. The number of nitrogens with one attached hydrogen (secondary N) is 1. The molecule has 0 saturated carbocycles. The Morgan fingerprint density at radius 2 is 1.81 bits per heavy atom. The molecule has 0 saturated heterocycles. The minimum Gasteiger partial charge on any atom is -0.490 e. The topological polar surface area (TPSA) is 84.6 Å². The second kappa shape index (κ2) is 7.83. The number of hydrogen-bond donors (Lipinski definition) is 3. The maximum absolute atomic E-state index is 12.9. The highest BCUT2D eigenvalue weighted by atomic mass is 19.4. The fraction of sp³-hybridized carbons (Fsp3) is 0.278. The zero-order valence-electron chi connectivity index (χ0n) is 14.3. The van der Waals surface area contributed by atoms with Crippen molar-refractivity contribution in [2.45, 2.75) is 25.1 Å². The molecule has 1 amide bonds. The molecule has 2 aromatic rings. The molecule has 0 aromatic heterocycles. The number of amides is 1. The molecule has 9 heteroatoms. The van der Waals surface area contributed by atoms with Gasteiger partial charge in [0.25, 0.3) is 5.91 Å². The number of hydrogen-bond acceptors (Lipinski definition) is 4. The lowest BCUT2D eigenvalue weighted by atomic mass is 10.0. The Hall–Kier alpha value is -2.81. The maximum Gasteiger partial charge on any atom is 0.418 e. The van der Waals surface area contributed by atoms with E-state index in [0.29, 0.717) is 6.07 Å². The summed E-state index contributed by atoms with van der Waals surface area (Å²) in [6, 6.07) is 7.82. The van der Waals surface area contributed by atoms with Gasteiger partial charge in [0.05, 0.1) is 5.56 Å². The maximum atomic E-state index is 12.9. The van der Waals surface area contributed by atoms with Gasteiger partial charge in [0.2, 0.25) is 0 Å². The molecule has 1 atom stereocenters. The van der Waals surface area contributed by atoms with Gasteiger partial charge in [-0.25, -0.2) is 4.39 Å². The molecule has 0 fully saturated rings. The summed E-state index contributed by atoms with van der Waals surface area (Å²) < 4.78 is 56.9. The SMILES string of the molecule is CC[C@](O)(COc1ccc(F)cc1)C(=O)Nc1ccc(N)c(C(F)(F)F)c1. The van der Waals surface area contributed by atoms with Crippen molar-refractivity contribution in [3.63, 3.8) is 0 Å². The first-order chi connectivity index (χ1) is 12.5. The summed E-state index contributed by atoms with van der Waals surface area (Å²) >= 11 is 0. The summed E-state index contributed by atoms with van der Waals surface area (Å²) in [5.74, 6) is -1.19. The van der Waals surface area contributed by atoms with Crippen LogP contribution >= 0.6 is 0 Å². The molecule has 0 aliphatic heterocycles. The monoisotopic (exact) mass is 386 g/mol. The number of rotatable bonds is 6. The van der Waals surface area contributed by atoms with Gasteiger partial charge >= 0.3 is 6.18 Å². The first-order valence-electron chi connectivity index (χ1n) is 7.94. The molecule has 0 heterocycles. The van der Waals surface area contributed by atoms with Crippen molar-refractivity contribution < 1.29 is 32.2 Å². The Balaban J connectivity index is 2.12. The molecule has 2 rings (SSSR count). The highest BCUT2D eigenvalue weighted by Gasteiger charge is 2.37. The number of anilines is 2. The molecule has 0 bridgehead atoms. The summed E-state index contributed by atoms with van der Waals surface area (Å²) in [5.41, 5.74) is 1.56. The van der Waals surface area contributed by atoms with E-state index in [1.165, 1.54) is 25.1 Å². The predicted molar refractivity (Wildman–Crippen MR) is 91.6 cm³/mol. The lowest BCUT2D eigenvalue weighted by Crippen LogP contribution is -2.47. The average molecular weight is 386 g/mol. The third kappa shape index (κ3) is 5.10. The number of carbonyl (C=O) groups is 1. The van der Waals surface area contributed by atoms with Crippen molar-refractivity contribution in [3.05, 3.63) is 53.8 Å². The first kappa shape index (κ1) is 20.5. The van der Waals surface area contributed by atoms with Crippen molar-refractivity contribution in [1.82, 2.24) is 0 Å².